The molecule has 1 aromatic carbocycles. The van der Waals surface area contributed by atoms with E-state index >= 15 is 0 Å². The largest absolute Gasteiger partial charge is 0.377 e. The second-order valence-electron chi connectivity index (χ2n) is 6.80. The van der Waals surface area contributed by atoms with Gasteiger partial charge in [0.15, 0.2) is 27.3 Å². The van der Waals surface area contributed by atoms with Gasteiger partial charge >= 0.3 is 0 Å². The molecule has 0 radical (unpaired) electrons. The van der Waals surface area contributed by atoms with Crippen molar-refractivity contribution >= 4 is 44.6 Å². The van der Waals surface area contributed by atoms with Gasteiger partial charge in [0.25, 0.3) is 0 Å². The summed E-state index contributed by atoms with van der Waals surface area (Å²) in [6, 6.07) is 4.96. The average molecular weight is 521 g/mol. The van der Waals surface area contributed by atoms with Crippen LogP contribution < -0.4 is 0 Å². The van der Waals surface area contributed by atoms with Crippen LogP contribution in [-0.4, -0.2) is 52.6 Å². The lowest BCUT2D eigenvalue weighted by Crippen LogP contribution is -2.30. The molecule has 0 spiro atoms. The third-order valence-corrected chi connectivity index (χ3v) is 7.55. The summed E-state index contributed by atoms with van der Waals surface area (Å²) in [5.41, 5.74) is 0.370. The van der Waals surface area contributed by atoms with E-state index < -0.39 is 26.9 Å². The van der Waals surface area contributed by atoms with Crippen LogP contribution in [0.2, 0.25) is 15.1 Å². The van der Waals surface area contributed by atoms with Gasteiger partial charge in [-0.1, -0.05) is 40.9 Å². The molecule has 0 fully saturated rings. The van der Waals surface area contributed by atoms with Gasteiger partial charge in [-0.15, -0.1) is 10.2 Å². The lowest BCUT2D eigenvalue weighted by Gasteiger charge is -2.22. The molecule has 0 N–H and O–H groups in total. The summed E-state index contributed by atoms with van der Waals surface area (Å²) in [6.07, 6.45) is 1.83. The second kappa shape index (κ2) is 10.4. The molecular weight excluding hydrogens is 501 g/mol. The van der Waals surface area contributed by atoms with Crippen molar-refractivity contribution in [1.29, 1.82) is 0 Å². The summed E-state index contributed by atoms with van der Waals surface area (Å²) in [7, 11) is -0.956. The Hall–Kier alpha value is -1.82. The molecule has 0 saturated heterocycles. The standard InChI is InChI=1S/C19H20Cl3N5O4S/c1-11(18(31-3)19-23-7-12(20)8-24-19)32(28,29)10-16-26-25-15(9-30-2)27(16)17-13(21)5-4-6-14(17)22/h4-8,11,18H,9-10H2,1-3H3/t11-,18-/m0/s1. The van der Waals surface area contributed by atoms with E-state index in [0.717, 1.165) is 0 Å². The number of nitrogens with zero attached hydrogens (tertiary/aromatic N) is 5. The van der Waals surface area contributed by atoms with Crippen LogP contribution >= 0.6 is 34.8 Å². The Kier molecular flexibility index (Phi) is 8.07. The topological polar surface area (TPSA) is 109 Å². The van der Waals surface area contributed by atoms with Crippen LogP contribution in [0.25, 0.3) is 5.69 Å². The highest BCUT2D eigenvalue weighted by molar-refractivity contribution is 7.91. The molecule has 0 saturated carbocycles. The molecule has 3 aromatic rings. The van der Waals surface area contributed by atoms with E-state index in [4.69, 9.17) is 44.3 Å². The third kappa shape index (κ3) is 5.22. The summed E-state index contributed by atoms with van der Waals surface area (Å²) in [4.78, 5) is 8.18. The number of benzene rings is 1. The number of para-hydroxylation sites is 1. The normalized spacial score (nSPS) is 13.8. The monoisotopic (exact) mass is 519 g/mol. The maximum absolute atomic E-state index is 13.3. The molecule has 9 nitrogen and oxygen atoms in total. The Morgan fingerprint density at radius 1 is 1.03 bits per heavy atom. The molecule has 0 aliphatic carbocycles. The molecule has 0 bridgehead atoms. The van der Waals surface area contributed by atoms with E-state index in [1.165, 1.54) is 38.1 Å². The van der Waals surface area contributed by atoms with Crippen molar-refractivity contribution in [2.24, 2.45) is 0 Å². The number of aromatic nitrogens is 5. The Morgan fingerprint density at radius 2 is 1.62 bits per heavy atom. The smallest absolute Gasteiger partial charge is 0.163 e. The third-order valence-electron chi connectivity index (χ3n) is 4.70. The molecule has 2 heterocycles. The zero-order chi connectivity index (χ0) is 23.5. The number of hydrogen-bond donors (Lipinski definition) is 0. The fraction of sp³-hybridized carbons (Fsp3) is 0.368. The van der Waals surface area contributed by atoms with Crippen molar-refractivity contribution in [2.45, 2.75) is 30.6 Å². The van der Waals surface area contributed by atoms with Crippen molar-refractivity contribution in [3.8, 4) is 5.69 Å². The van der Waals surface area contributed by atoms with E-state index in [1.807, 2.05) is 0 Å². The van der Waals surface area contributed by atoms with Crippen LogP contribution in [-0.2, 0) is 31.7 Å². The molecule has 172 valence electrons. The average Bonchev–Trinajstić information content (AvgIpc) is 3.11. The van der Waals surface area contributed by atoms with Crippen LogP contribution in [0.3, 0.4) is 0 Å². The first-order chi connectivity index (χ1) is 15.2. The van der Waals surface area contributed by atoms with E-state index in [9.17, 15) is 8.42 Å². The van der Waals surface area contributed by atoms with Crippen LogP contribution in [0.5, 0.6) is 0 Å². The highest BCUT2D eigenvalue weighted by Gasteiger charge is 2.35. The van der Waals surface area contributed by atoms with Crippen molar-refractivity contribution in [1.82, 2.24) is 24.7 Å². The Bertz CT molecular complexity index is 1170. The minimum atomic E-state index is -3.83. The number of ether oxygens (including phenoxy) is 2. The number of halogens is 3. The summed E-state index contributed by atoms with van der Waals surface area (Å²) < 4.78 is 38.7. The molecule has 0 aliphatic heterocycles. The van der Waals surface area contributed by atoms with Crippen molar-refractivity contribution in [3.63, 3.8) is 0 Å². The first-order valence-electron chi connectivity index (χ1n) is 9.28. The first-order valence-corrected chi connectivity index (χ1v) is 12.1. The number of sulfone groups is 1. The van der Waals surface area contributed by atoms with Gasteiger partial charge in [0.1, 0.15) is 18.5 Å². The van der Waals surface area contributed by atoms with Gasteiger partial charge in [0.2, 0.25) is 0 Å². The quantitative estimate of drug-likeness (QED) is 0.418. The predicted molar refractivity (Wildman–Crippen MR) is 121 cm³/mol. The summed E-state index contributed by atoms with van der Waals surface area (Å²) in [5.74, 6) is 0.221. The predicted octanol–water partition coefficient (Wildman–Crippen LogP) is 3.85. The van der Waals surface area contributed by atoms with Gasteiger partial charge in [-0.2, -0.15) is 0 Å². The number of rotatable bonds is 9. The van der Waals surface area contributed by atoms with Crippen LogP contribution in [0, 0.1) is 0 Å². The van der Waals surface area contributed by atoms with Gasteiger partial charge in [0.05, 0.1) is 26.0 Å². The SMILES string of the molecule is COCc1nnc(CS(=O)(=O)[C@@H](C)[C@H](OC)c2ncc(Cl)cn2)n1-c1c(Cl)cccc1Cl. The lowest BCUT2D eigenvalue weighted by molar-refractivity contribution is 0.0948. The second-order valence-corrected chi connectivity index (χ2v) is 10.4. The van der Waals surface area contributed by atoms with Gasteiger partial charge in [-0.25, -0.2) is 18.4 Å². The fourth-order valence-electron chi connectivity index (χ4n) is 3.11. The molecule has 3 rings (SSSR count). The molecule has 2 aromatic heterocycles. The molecule has 0 aliphatic rings. The Labute approximate surface area is 200 Å². The fourth-order valence-corrected chi connectivity index (χ4v) is 5.19. The minimum absolute atomic E-state index is 0.0729. The zero-order valence-electron chi connectivity index (χ0n) is 17.4. The minimum Gasteiger partial charge on any atom is -0.377 e. The van der Waals surface area contributed by atoms with Gasteiger partial charge in [0, 0.05) is 26.6 Å². The highest BCUT2D eigenvalue weighted by atomic mass is 35.5. The summed E-state index contributed by atoms with van der Waals surface area (Å²) in [5, 5.41) is 8.10. The highest BCUT2D eigenvalue weighted by Crippen LogP contribution is 2.32. The van der Waals surface area contributed by atoms with Gasteiger partial charge in [-0.05, 0) is 19.1 Å². The van der Waals surface area contributed by atoms with Gasteiger partial charge in [-0.3, -0.25) is 4.57 Å². The number of hydrogen-bond acceptors (Lipinski definition) is 8. The Morgan fingerprint density at radius 3 is 2.19 bits per heavy atom. The van der Waals surface area contributed by atoms with Crippen LogP contribution in [0.4, 0.5) is 0 Å². The van der Waals surface area contributed by atoms with E-state index in [1.54, 1.807) is 18.2 Å². The zero-order valence-corrected chi connectivity index (χ0v) is 20.5. The molecule has 32 heavy (non-hydrogen) atoms. The molecule has 2 atom stereocenters. The molecule has 13 heteroatoms. The first kappa shape index (κ1) is 24.8. The van der Waals surface area contributed by atoms with Crippen molar-refractivity contribution in [3.05, 3.63) is 63.1 Å². The van der Waals surface area contributed by atoms with E-state index in [2.05, 4.69) is 20.2 Å². The van der Waals surface area contributed by atoms with Crippen LogP contribution in [0.15, 0.2) is 30.6 Å². The van der Waals surface area contributed by atoms with Crippen molar-refractivity contribution < 1.29 is 17.9 Å². The number of methoxy groups -OCH3 is 2. The lowest BCUT2D eigenvalue weighted by atomic mass is 10.2. The molecule has 0 unspecified atom stereocenters. The maximum atomic E-state index is 13.3. The van der Waals surface area contributed by atoms with E-state index in [0.29, 0.717) is 26.6 Å². The summed E-state index contributed by atoms with van der Waals surface area (Å²) in [6.45, 7) is 1.59. The molecular formula is C19H20Cl3N5O4S. The van der Waals surface area contributed by atoms with Gasteiger partial charge < -0.3 is 9.47 Å². The van der Waals surface area contributed by atoms with Crippen LogP contribution in [0.1, 0.15) is 30.5 Å². The van der Waals surface area contributed by atoms with Crippen molar-refractivity contribution in [2.75, 3.05) is 14.2 Å². The van der Waals surface area contributed by atoms with E-state index in [-0.39, 0.29) is 18.3 Å². The molecule has 0 amide bonds. The Balaban J connectivity index is 2.01. The maximum Gasteiger partial charge on any atom is 0.163 e. The summed E-state index contributed by atoms with van der Waals surface area (Å²) >= 11 is 18.6.